The van der Waals surface area contributed by atoms with Crippen LogP contribution in [-0.2, 0) is 16.6 Å². The summed E-state index contributed by atoms with van der Waals surface area (Å²) in [4.78, 5) is 1.47. The van der Waals surface area contributed by atoms with Gasteiger partial charge in [0.2, 0.25) is 10.0 Å². The van der Waals surface area contributed by atoms with Crippen molar-refractivity contribution in [2.24, 2.45) is 5.92 Å². The molecule has 1 aliphatic heterocycles. The van der Waals surface area contributed by atoms with Crippen molar-refractivity contribution in [1.29, 1.82) is 0 Å². The van der Waals surface area contributed by atoms with Gasteiger partial charge in [-0.05, 0) is 54.2 Å². The van der Waals surface area contributed by atoms with Gasteiger partial charge in [-0.1, -0.05) is 13.8 Å². The maximum absolute atomic E-state index is 12.8. The largest absolute Gasteiger partial charge is 0.312 e. The summed E-state index contributed by atoms with van der Waals surface area (Å²) in [5, 5.41) is 3.31. The zero-order valence-corrected chi connectivity index (χ0v) is 15.9. The molecule has 1 fully saturated rings. The van der Waals surface area contributed by atoms with Gasteiger partial charge < -0.3 is 5.32 Å². The zero-order valence-electron chi connectivity index (χ0n) is 12.7. The van der Waals surface area contributed by atoms with Crippen LogP contribution in [0, 0.1) is 5.92 Å². The quantitative estimate of drug-likeness (QED) is 0.751. The van der Waals surface area contributed by atoms with Gasteiger partial charge in [0.15, 0.2) is 0 Å². The topological polar surface area (TPSA) is 49.4 Å². The standard InChI is InChI=1S/C14H23BrN2O2S2/c1-4-5-16-8-12-7-13(14(15)20-12)21(18,19)17-9-10(2)6-11(17)3/h7,10-11,16H,4-6,8-9H2,1-3H3. The maximum atomic E-state index is 12.8. The second-order valence-corrected chi connectivity index (χ2v) is 10.1. The molecule has 2 heterocycles. The van der Waals surface area contributed by atoms with E-state index in [-0.39, 0.29) is 6.04 Å². The number of rotatable bonds is 6. The summed E-state index contributed by atoms with van der Waals surface area (Å²) in [6.07, 6.45) is 2.01. The lowest BCUT2D eigenvalue weighted by Crippen LogP contribution is -2.33. The Labute approximate surface area is 140 Å². The zero-order chi connectivity index (χ0) is 15.6. The molecule has 0 spiro atoms. The molecule has 4 nitrogen and oxygen atoms in total. The molecule has 1 aromatic rings. The summed E-state index contributed by atoms with van der Waals surface area (Å²) in [6.45, 7) is 8.50. The Bertz CT molecular complexity index is 586. The van der Waals surface area contributed by atoms with Crippen molar-refractivity contribution in [2.75, 3.05) is 13.1 Å². The third kappa shape index (κ3) is 3.88. The highest BCUT2D eigenvalue weighted by atomic mass is 79.9. The molecular formula is C14H23BrN2O2S2. The van der Waals surface area contributed by atoms with Gasteiger partial charge in [-0.25, -0.2) is 8.42 Å². The second-order valence-electron chi connectivity index (χ2n) is 5.79. The molecule has 21 heavy (non-hydrogen) atoms. The Kier molecular flexibility index (Phi) is 5.87. The Balaban J connectivity index is 2.20. The average molecular weight is 395 g/mol. The molecule has 0 bridgehead atoms. The molecule has 0 amide bonds. The van der Waals surface area contributed by atoms with Crippen molar-refractivity contribution in [3.8, 4) is 0 Å². The Morgan fingerprint density at radius 1 is 1.48 bits per heavy atom. The number of hydrogen-bond acceptors (Lipinski definition) is 4. The van der Waals surface area contributed by atoms with Gasteiger partial charge in [-0.3, -0.25) is 0 Å². The summed E-state index contributed by atoms with van der Waals surface area (Å²) >= 11 is 4.93. The minimum atomic E-state index is -3.39. The predicted octanol–water partition coefficient (Wildman–Crippen LogP) is 3.43. The Morgan fingerprint density at radius 2 is 2.19 bits per heavy atom. The first kappa shape index (κ1) is 17.4. The van der Waals surface area contributed by atoms with Crippen molar-refractivity contribution in [1.82, 2.24) is 9.62 Å². The first-order valence-electron chi connectivity index (χ1n) is 7.37. The van der Waals surface area contributed by atoms with E-state index in [4.69, 9.17) is 0 Å². The minimum Gasteiger partial charge on any atom is -0.312 e. The summed E-state index contributed by atoms with van der Waals surface area (Å²) in [6, 6.07) is 1.89. The SMILES string of the molecule is CCCNCc1cc(S(=O)(=O)N2CC(C)CC2C)c(Br)s1. The molecule has 1 aliphatic rings. The summed E-state index contributed by atoms with van der Waals surface area (Å²) in [5.41, 5.74) is 0. The molecule has 1 aromatic heterocycles. The van der Waals surface area contributed by atoms with E-state index in [1.165, 1.54) is 11.3 Å². The predicted molar refractivity (Wildman–Crippen MR) is 91.2 cm³/mol. The highest BCUT2D eigenvalue weighted by molar-refractivity contribution is 9.11. The Morgan fingerprint density at radius 3 is 2.76 bits per heavy atom. The first-order valence-corrected chi connectivity index (χ1v) is 10.4. The van der Waals surface area contributed by atoms with Gasteiger partial charge in [0.05, 0.1) is 3.79 Å². The molecule has 1 N–H and O–H groups in total. The summed E-state index contributed by atoms with van der Waals surface area (Å²) < 4.78 is 28.0. The number of thiophene rings is 1. The van der Waals surface area contributed by atoms with Gasteiger partial charge >= 0.3 is 0 Å². The van der Waals surface area contributed by atoms with E-state index >= 15 is 0 Å². The van der Waals surface area contributed by atoms with Crippen LogP contribution in [0.3, 0.4) is 0 Å². The lowest BCUT2D eigenvalue weighted by atomic mass is 10.1. The van der Waals surface area contributed by atoms with Crippen LogP contribution in [0.1, 0.15) is 38.5 Å². The highest BCUT2D eigenvalue weighted by Gasteiger charge is 2.37. The number of halogens is 1. The molecule has 2 atom stereocenters. The molecular weight excluding hydrogens is 372 g/mol. The Hall–Kier alpha value is 0.0500. The van der Waals surface area contributed by atoms with E-state index in [0.29, 0.717) is 21.1 Å². The number of nitrogens with zero attached hydrogens (tertiary/aromatic N) is 1. The van der Waals surface area contributed by atoms with Crippen LogP contribution in [0.15, 0.2) is 14.7 Å². The van der Waals surface area contributed by atoms with Crippen molar-refractivity contribution in [2.45, 2.75) is 51.1 Å². The van der Waals surface area contributed by atoms with Crippen molar-refractivity contribution in [3.05, 3.63) is 14.7 Å². The van der Waals surface area contributed by atoms with Gasteiger partial charge in [0.25, 0.3) is 0 Å². The van der Waals surface area contributed by atoms with Crippen LogP contribution in [0.2, 0.25) is 0 Å². The van der Waals surface area contributed by atoms with E-state index in [0.717, 1.165) is 30.8 Å². The molecule has 0 radical (unpaired) electrons. The monoisotopic (exact) mass is 394 g/mol. The van der Waals surface area contributed by atoms with Crippen LogP contribution >= 0.6 is 27.3 Å². The van der Waals surface area contributed by atoms with E-state index in [2.05, 4.69) is 35.1 Å². The van der Waals surface area contributed by atoms with Gasteiger partial charge in [0, 0.05) is 24.0 Å². The van der Waals surface area contributed by atoms with Crippen molar-refractivity contribution < 1.29 is 8.42 Å². The fraction of sp³-hybridized carbons (Fsp3) is 0.714. The first-order chi connectivity index (χ1) is 9.86. The highest BCUT2D eigenvalue weighted by Crippen LogP contribution is 2.36. The molecule has 7 heteroatoms. The van der Waals surface area contributed by atoms with Crippen LogP contribution < -0.4 is 5.32 Å². The summed E-state index contributed by atoms with van der Waals surface area (Å²) in [5.74, 6) is 0.429. The van der Waals surface area contributed by atoms with Crippen LogP contribution in [0.4, 0.5) is 0 Å². The fourth-order valence-electron chi connectivity index (χ4n) is 2.77. The van der Waals surface area contributed by atoms with Crippen LogP contribution in [0.25, 0.3) is 0 Å². The molecule has 1 saturated heterocycles. The number of hydrogen-bond donors (Lipinski definition) is 1. The molecule has 0 aromatic carbocycles. The van der Waals surface area contributed by atoms with Gasteiger partial charge in [-0.2, -0.15) is 4.31 Å². The van der Waals surface area contributed by atoms with E-state index in [1.807, 2.05) is 13.0 Å². The smallest absolute Gasteiger partial charge is 0.245 e. The third-order valence-electron chi connectivity index (χ3n) is 3.75. The lowest BCUT2D eigenvalue weighted by molar-refractivity contribution is 0.405. The van der Waals surface area contributed by atoms with Crippen molar-refractivity contribution >= 4 is 37.3 Å². The van der Waals surface area contributed by atoms with Crippen LogP contribution in [0.5, 0.6) is 0 Å². The normalized spacial score (nSPS) is 23.8. The molecule has 0 saturated carbocycles. The number of nitrogens with one attached hydrogen (secondary N) is 1. The van der Waals surface area contributed by atoms with E-state index in [9.17, 15) is 8.42 Å². The van der Waals surface area contributed by atoms with Crippen LogP contribution in [-0.4, -0.2) is 31.9 Å². The van der Waals surface area contributed by atoms with Gasteiger partial charge in [-0.15, -0.1) is 11.3 Å². The summed E-state index contributed by atoms with van der Waals surface area (Å²) in [7, 11) is -3.39. The molecule has 2 unspecified atom stereocenters. The molecule has 0 aliphatic carbocycles. The van der Waals surface area contributed by atoms with E-state index in [1.54, 1.807) is 4.31 Å². The second kappa shape index (κ2) is 7.08. The van der Waals surface area contributed by atoms with Gasteiger partial charge in [0.1, 0.15) is 4.90 Å². The maximum Gasteiger partial charge on any atom is 0.245 e. The fourth-order valence-corrected chi connectivity index (χ4v) is 7.14. The molecule has 120 valence electrons. The molecule has 2 rings (SSSR count). The van der Waals surface area contributed by atoms with E-state index < -0.39 is 10.0 Å². The average Bonchev–Trinajstić information content (AvgIpc) is 2.93. The number of sulfonamides is 1. The van der Waals surface area contributed by atoms with Crippen molar-refractivity contribution in [3.63, 3.8) is 0 Å². The third-order valence-corrected chi connectivity index (χ3v) is 7.98. The minimum absolute atomic E-state index is 0.0819. The lowest BCUT2D eigenvalue weighted by Gasteiger charge is -2.20.